The molecule has 0 N–H and O–H groups in total. The lowest BCUT2D eigenvalue weighted by Gasteiger charge is -2.47. The minimum Gasteiger partial charge on any atom is -0.494 e. The van der Waals surface area contributed by atoms with E-state index in [1.165, 1.54) is 13.4 Å². The largest absolute Gasteiger partial charge is 0.494 e. The van der Waals surface area contributed by atoms with Crippen molar-refractivity contribution in [3.05, 3.63) is 24.3 Å². The number of hydrogen-bond acceptors (Lipinski definition) is 6. The summed E-state index contributed by atoms with van der Waals surface area (Å²) in [5.74, 6) is 0.531. The predicted octanol–water partition coefficient (Wildman–Crippen LogP) is 1.69. The highest BCUT2D eigenvalue weighted by Crippen LogP contribution is 2.33. The predicted molar refractivity (Wildman–Crippen MR) is 89.0 cm³/mol. The zero-order valence-corrected chi connectivity index (χ0v) is 13.9. The van der Waals surface area contributed by atoms with Crippen molar-refractivity contribution in [2.45, 2.75) is 18.6 Å². The summed E-state index contributed by atoms with van der Waals surface area (Å²) in [5.41, 5.74) is 0.298. The number of ether oxygens (including phenoxy) is 2. The number of morpholine rings is 1. The highest BCUT2D eigenvalue weighted by molar-refractivity contribution is 5.91. The second-order valence-electron chi connectivity index (χ2n) is 6.40. The van der Waals surface area contributed by atoms with Crippen LogP contribution in [0.15, 0.2) is 18.5 Å². The molecule has 6 nitrogen and oxygen atoms in total. The molecule has 3 heterocycles. The summed E-state index contributed by atoms with van der Waals surface area (Å²) in [6.45, 7) is 3.35. The van der Waals surface area contributed by atoms with Gasteiger partial charge in [-0.1, -0.05) is 0 Å². The van der Waals surface area contributed by atoms with Gasteiger partial charge in [0.25, 0.3) is 0 Å². The minimum absolute atomic E-state index is 0.197. The van der Waals surface area contributed by atoms with Gasteiger partial charge in [0.1, 0.15) is 17.7 Å². The zero-order chi connectivity index (χ0) is 16.7. The Hall–Kier alpha value is -1.99. The van der Waals surface area contributed by atoms with Gasteiger partial charge >= 0.3 is 0 Å². The van der Waals surface area contributed by atoms with E-state index in [1.807, 2.05) is 6.07 Å². The maximum Gasteiger partial charge on any atom is 0.191 e. The molecule has 0 spiro atoms. The molecule has 0 amide bonds. The molecule has 128 valence electrons. The van der Waals surface area contributed by atoms with Gasteiger partial charge in [-0.05, 0) is 25.6 Å². The van der Waals surface area contributed by atoms with Gasteiger partial charge in [0.05, 0.1) is 25.9 Å². The summed E-state index contributed by atoms with van der Waals surface area (Å²) in [4.78, 5) is 13.2. The van der Waals surface area contributed by atoms with E-state index in [9.17, 15) is 4.39 Å². The second-order valence-corrected chi connectivity index (χ2v) is 6.40. The van der Waals surface area contributed by atoms with Gasteiger partial charge in [0.15, 0.2) is 11.6 Å². The highest BCUT2D eigenvalue weighted by atomic mass is 19.1. The number of anilines is 1. The third-order valence-electron chi connectivity index (χ3n) is 4.97. The fourth-order valence-corrected chi connectivity index (χ4v) is 3.74. The molecule has 0 radical (unpaired) electrons. The Morgan fingerprint density at radius 1 is 1.29 bits per heavy atom. The summed E-state index contributed by atoms with van der Waals surface area (Å²) in [5, 5.41) is 0.713. The standard InChI is InChI=1S/C17H21FN4O2/c1-21-6-5-13-12(9-21)22(7-8-24-13)17-11-3-4-14(23-2)15(18)16(11)19-10-20-17/h3-4,10,12-13H,5-9H2,1-2H3/t12-,13-/m1/s1. The molecule has 2 saturated heterocycles. The number of likely N-dealkylation sites (N-methyl/N-ethyl adjacent to an activating group) is 1. The highest BCUT2D eigenvalue weighted by Gasteiger charge is 2.37. The van der Waals surface area contributed by atoms with Crippen molar-refractivity contribution in [3.8, 4) is 5.75 Å². The first kappa shape index (κ1) is 15.5. The number of likely N-dealkylation sites (tertiary alicyclic amines) is 1. The average molecular weight is 332 g/mol. The van der Waals surface area contributed by atoms with Crippen molar-refractivity contribution in [2.24, 2.45) is 0 Å². The molecular weight excluding hydrogens is 311 g/mol. The fraction of sp³-hybridized carbons (Fsp3) is 0.529. The number of piperidine rings is 1. The van der Waals surface area contributed by atoms with E-state index in [0.29, 0.717) is 17.5 Å². The van der Waals surface area contributed by atoms with E-state index in [1.54, 1.807) is 6.07 Å². The lowest BCUT2D eigenvalue weighted by atomic mass is 9.98. The van der Waals surface area contributed by atoms with Crippen LogP contribution in [0.5, 0.6) is 5.75 Å². The topological polar surface area (TPSA) is 50.7 Å². The quantitative estimate of drug-likeness (QED) is 0.834. The first-order chi connectivity index (χ1) is 11.7. The van der Waals surface area contributed by atoms with Gasteiger partial charge in [0.2, 0.25) is 0 Å². The molecule has 0 aliphatic carbocycles. The van der Waals surface area contributed by atoms with Gasteiger partial charge in [0, 0.05) is 25.0 Å². The smallest absolute Gasteiger partial charge is 0.191 e. The molecule has 1 aromatic heterocycles. The Balaban J connectivity index is 1.79. The van der Waals surface area contributed by atoms with Crippen LogP contribution < -0.4 is 9.64 Å². The molecule has 2 aliphatic heterocycles. The van der Waals surface area contributed by atoms with E-state index in [0.717, 1.165) is 31.9 Å². The number of methoxy groups -OCH3 is 1. The molecule has 4 rings (SSSR count). The Kier molecular flexibility index (Phi) is 3.97. The maximum atomic E-state index is 14.5. The monoisotopic (exact) mass is 332 g/mol. The first-order valence-corrected chi connectivity index (χ1v) is 8.23. The number of nitrogens with zero attached hydrogens (tertiary/aromatic N) is 4. The molecule has 0 unspecified atom stereocenters. The first-order valence-electron chi connectivity index (χ1n) is 8.23. The number of hydrogen-bond donors (Lipinski definition) is 0. The summed E-state index contributed by atoms with van der Waals surface area (Å²) >= 11 is 0. The van der Waals surface area contributed by atoms with Crippen LogP contribution in [0.3, 0.4) is 0 Å². The lowest BCUT2D eigenvalue weighted by Crippen LogP contribution is -2.59. The van der Waals surface area contributed by atoms with Crippen molar-refractivity contribution in [3.63, 3.8) is 0 Å². The molecule has 0 bridgehead atoms. The normalized spacial score (nSPS) is 24.9. The summed E-state index contributed by atoms with van der Waals surface area (Å²) in [6, 6.07) is 3.69. The summed E-state index contributed by atoms with van der Waals surface area (Å²) in [6.07, 6.45) is 2.63. The Bertz CT molecular complexity index is 757. The Labute approximate surface area is 140 Å². The number of benzene rings is 1. The van der Waals surface area contributed by atoms with Crippen LogP contribution in [-0.2, 0) is 4.74 Å². The average Bonchev–Trinajstić information content (AvgIpc) is 2.61. The van der Waals surface area contributed by atoms with Crippen molar-refractivity contribution in [1.29, 1.82) is 0 Å². The van der Waals surface area contributed by atoms with E-state index < -0.39 is 5.82 Å². The molecule has 24 heavy (non-hydrogen) atoms. The van der Waals surface area contributed by atoms with Crippen molar-refractivity contribution < 1.29 is 13.9 Å². The van der Waals surface area contributed by atoms with E-state index in [2.05, 4.69) is 26.8 Å². The van der Waals surface area contributed by atoms with E-state index in [-0.39, 0.29) is 17.9 Å². The SMILES string of the molecule is COc1ccc2c(N3CCO[C@@H]4CCN(C)C[C@H]43)ncnc2c1F. The van der Waals surface area contributed by atoms with Gasteiger partial charge in [-0.3, -0.25) is 0 Å². The van der Waals surface area contributed by atoms with E-state index >= 15 is 0 Å². The van der Waals surface area contributed by atoms with Gasteiger partial charge in [-0.15, -0.1) is 0 Å². The molecule has 1 aromatic carbocycles. The van der Waals surface area contributed by atoms with Crippen molar-refractivity contribution in [2.75, 3.05) is 45.3 Å². The van der Waals surface area contributed by atoms with Gasteiger partial charge in [-0.2, -0.15) is 0 Å². The molecule has 7 heteroatoms. The Morgan fingerprint density at radius 2 is 2.17 bits per heavy atom. The Morgan fingerprint density at radius 3 is 3.00 bits per heavy atom. The zero-order valence-electron chi connectivity index (χ0n) is 13.9. The number of halogens is 1. The third-order valence-corrected chi connectivity index (χ3v) is 4.97. The van der Waals surface area contributed by atoms with Crippen LogP contribution in [0.2, 0.25) is 0 Å². The second kappa shape index (κ2) is 6.14. The molecule has 2 atom stereocenters. The van der Waals surface area contributed by atoms with Gasteiger partial charge < -0.3 is 19.3 Å². The lowest BCUT2D eigenvalue weighted by molar-refractivity contribution is -0.0244. The molecule has 2 aromatic rings. The molecular formula is C17H21FN4O2. The van der Waals surface area contributed by atoms with Crippen LogP contribution in [0.4, 0.5) is 10.2 Å². The molecule has 0 saturated carbocycles. The number of rotatable bonds is 2. The van der Waals surface area contributed by atoms with Gasteiger partial charge in [-0.25, -0.2) is 14.4 Å². The van der Waals surface area contributed by atoms with Crippen LogP contribution >= 0.6 is 0 Å². The summed E-state index contributed by atoms with van der Waals surface area (Å²) < 4.78 is 25.6. The third kappa shape index (κ3) is 2.48. The minimum atomic E-state index is -0.441. The maximum absolute atomic E-state index is 14.5. The van der Waals surface area contributed by atoms with Crippen LogP contribution in [0.1, 0.15) is 6.42 Å². The van der Waals surface area contributed by atoms with Crippen LogP contribution in [-0.4, -0.2) is 67.4 Å². The van der Waals surface area contributed by atoms with Crippen molar-refractivity contribution in [1.82, 2.24) is 14.9 Å². The summed E-state index contributed by atoms with van der Waals surface area (Å²) in [7, 11) is 3.57. The molecule has 2 fully saturated rings. The number of aromatic nitrogens is 2. The van der Waals surface area contributed by atoms with Crippen molar-refractivity contribution >= 4 is 16.7 Å². The molecule has 2 aliphatic rings. The van der Waals surface area contributed by atoms with Crippen LogP contribution in [0.25, 0.3) is 10.9 Å². The fourth-order valence-electron chi connectivity index (χ4n) is 3.74. The van der Waals surface area contributed by atoms with Crippen LogP contribution in [0, 0.1) is 5.82 Å². The number of fused-ring (bicyclic) bond motifs is 2. The van der Waals surface area contributed by atoms with E-state index in [4.69, 9.17) is 9.47 Å².